The SMILES string of the molecule is Cc1nc(C)c(C2CC2)c(Br)n1. The summed E-state index contributed by atoms with van der Waals surface area (Å²) >= 11 is 3.49. The highest BCUT2D eigenvalue weighted by molar-refractivity contribution is 9.10. The first kappa shape index (κ1) is 8.17. The van der Waals surface area contributed by atoms with Gasteiger partial charge in [0.05, 0.1) is 0 Å². The summed E-state index contributed by atoms with van der Waals surface area (Å²) in [5.74, 6) is 1.57. The van der Waals surface area contributed by atoms with Gasteiger partial charge in [-0.15, -0.1) is 0 Å². The predicted octanol–water partition coefficient (Wildman–Crippen LogP) is 2.73. The third-order valence-electron chi connectivity index (χ3n) is 2.19. The molecule has 1 fully saturated rings. The second kappa shape index (κ2) is 2.80. The summed E-state index contributed by atoms with van der Waals surface area (Å²) in [5.41, 5.74) is 2.46. The molecule has 0 saturated heterocycles. The van der Waals surface area contributed by atoms with Gasteiger partial charge in [0.1, 0.15) is 10.4 Å². The van der Waals surface area contributed by atoms with Gasteiger partial charge in [-0.3, -0.25) is 0 Å². The van der Waals surface area contributed by atoms with Crippen LogP contribution in [0.25, 0.3) is 0 Å². The van der Waals surface area contributed by atoms with E-state index in [1.807, 2.05) is 6.92 Å². The van der Waals surface area contributed by atoms with E-state index in [9.17, 15) is 0 Å². The molecule has 64 valence electrons. The molecule has 0 bridgehead atoms. The van der Waals surface area contributed by atoms with Crippen molar-refractivity contribution in [1.82, 2.24) is 9.97 Å². The molecular weight excluding hydrogens is 216 g/mol. The minimum absolute atomic E-state index is 0.722. The van der Waals surface area contributed by atoms with Crippen LogP contribution >= 0.6 is 15.9 Å². The Morgan fingerprint density at radius 1 is 1.25 bits per heavy atom. The predicted molar refractivity (Wildman–Crippen MR) is 51.2 cm³/mol. The molecule has 1 aliphatic carbocycles. The number of rotatable bonds is 1. The molecule has 0 spiro atoms. The Morgan fingerprint density at radius 3 is 2.42 bits per heavy atom. The average molecular weight is 227 g/mol. The molecule has 1 aromatic rings. The number of nitrogens with zero attached hydrogens (tertiary/aromatic N) is 2. The number of hydrogen-bond donors (Lipinski definition) is 0. The van der Waals surface area contributed by atoms with Crippen molar-refractivity contribution in [2.24, 2.45) is 0 Å². The van der Waals surface area contributed by atoms with Crippen LogP contribution in [-0.2, 0) is 0 Å². The van der Waals surface area contributed by atoms with Crippen molar-refractivity contribution >= 4 is 15.9 Å². The normalized spacial score (nSPS) is 16.6. The molecule has 0 N–H and O–H groups in total. The number of aromatic nitrogens is 2. The first-order chi connectivity index (χ1) is 5.68. The van der Waals surface area contributed by atoms with Crippen molar-refractivity contribution in [3.63, 3.8) is 0 Å². The zero-order valence-electron chi connectivity index (χ0n) is 7.26. The van der Waals surface area contributed by atoms with Crippen molar-refractivity contribution in [2.75, 3.05) is 0 Å². The molecule has 1 saturated carbocycles. The van der Waals surface area contributed by atoms with Crippen molar-refractivity contribution in [3.8, 4) is 0 Å². The fourth-order valence-corrected chi connectivity index (χ4v) is 2.38. The summed E-state index contributed by atoms with van der Waals surface area (Å²) < 4.78 is 0.995. The van der Waals surface area contributed by atoms with Crippen LogP contribution in [-0.4, -0.2) is 9.97 Å². The van der Waals surface area contributed by atoms with E-state index in [2.05, 4.69) is 32.8 Å². The van der Waals surface area contributed by atoms with E-state index in [1.54, 1.807) is 0 Å². The number of hydrogen-bond acceptors (Lipinski definition) is 2. The Morgan fingerprint density at radius 2 is 1.92 bits per heavy atom. The molecule has 2 rings (SSSR count). The van der Waals surface area contributed by atoms with Crippen LogP contribution in [0.2, 0.25) is 0 Å². The lowest BCUT2D eigenvalue weighted by molar-refractivity contribution is 0.922. The summed E-state index contributed by atoms with van der Waals surface area (Å²) in [6.07, 6.45) is 2.59. The lowest BCUT2D eigenvalue weighted by atomic mass is 10.1. The first-order valence-electron chi connectivity index (χ1n) is 4.19. The van der Waals surface area contributed by atoms with Gasteiger partial charge in [-0.2, -0.15) is 0 Å². The lowest BCUT2D eigenvalue weighted by Crippen LogP contribution is -1.98. The van der Waals surface area contributed by atoms with Gasteiger partial charge in [0, 0.05) is 11.3 Å². The van der Waals surface area contributed by atoms with Crippen molar-refractivity contribution in [3.05, 3.63) is 21.7 Å². The highest BCUT2D eigenvalue weighted by Crippen LogP contribution is 2.43. The van der Waals surface area contributed by atoms with Crippen LogP contribution in [0.3, 0.4) is 0 Å². The molecule has 2 nitrogen and oxygen atoms in total. The van der Waals surface area contributed by atoms with Crippen LogP contribution in [0.5, 0.6) is 0 Å². The van der Waals surface area contributed by atoms with Gasteiger partial charge in [-0.25, -0.2) is 9.97 Å². The third kappa shape index (κ3) is 1.38. The minimum atomic E-state index is 0.722. The molecule has 1 aliphatic rings. The van der Waals surface area contributed by atoms with Crippen molar-refractivity contribution in [2.45, 2.75) is 32.6 Å². The lowest BCUT2D eigenvalue weighted by Gasteiger charge is -2.05. The summed E-state index contributed by atoms with van der Waals surface area (Å²) in [7, 11) is 0. The highest BCUT2D eigenvalue weighted by atomic mass is 79.9. The van der Waals surface area contributed by atoms with E-state index in [0.29, 0.717) is 0 Å². The maximum atomic E-state index is 4.35. The number of halogens is 1. The molecule has 0 aliphatic heterocycles. The molecule has 3 heteroatoms. The van der Waals surface area contributed by atoms with Gasteiger partial charge >= 0.3 is 0 Å². The topological polar surface area (TPSA) is 25.8 Å². The van der Waals surface area contributed by atoms with Gasteiger partial charge < -0.3 is 0 Å². The summed E-state index contributed by atoms with van der Waals surface area (Å²) in [5, 5.41) is 0. The van der Waals surface area contributed by atoms with Gasteiger partial charge in [0.25, 0.3) is 0 Å². The van der Waals surface area contributed by atoms with Crippen molar-refractivity contribution < 1.29 is 0 Å². The molecular formula is C9H11BrN2. The molecule has 0 aromatic carbocycles. The Hall–Kier alpha value is -0.440. The van der Waals surface area contributed by atoms with E-state index >= 15 is 0 Å². The molecule has 1 heterocycles. The van der Waals surface area contributed by atoms with Crippen molar-refractivity contribution in [1.29, 1.82) is 0 Å². The smallest absolute Gasteiger partial charge is 0.126 e. The maximum absolute atomic E-state index is 4.35. The van der Waals surface area contributed by atoms with Gasteiger partial charge in [0.15, 0.2) is 0 Å². The zero-order chi connectivity index (χ0) is 8.72. The summed E-state index contributed by atoms with van der Waals surface area (Å²) in [6, 6.07) is 0. The van der Waals surface area contributed by atoms with E-state index < -0.39 is 0 Å². The monoisotopic (exact) mass is 226 g/mol. The van der Waals surface area contributed by atoms with Crippen LogP contribution < -0.4 is 0 Å². The molecule has 0 unspecified atom stereocenters. The Bertz CT molecular complexity index is 295. The zero-order valence-corrected chi connectivity index (χ0v) is 8.85. The van der Waals surface area contributed by atoms with Crippen LogP contribution in [0, 0.1) is 13.8 Å². The van der Waals surface area contributed by atoms with Gasteiger partial charge in [-0.05, 0) is 48.5 Å². The molecule has 0 atom stereocenters. The summed E-state index contributed by atoms with van der Waals surface area (Å²) in [4.78, 5) is 8.66. The number of aryl methyl sites for hydroxylation is 2. The largest absolute Gasteiger partial charge is 0.238 e. The standard InChI is InChI=1S/C9H11BrN2/c1-5-8(7-3-4-7)9(10)12-6(2)11-5/h7H,3-4H2,1-2H3. The van der Waals surface area contributed by atoms with Gasteiger partial charge in [-0.1, -0.05) is 0 Å². The summed E-state index contributed by atoms with van der Waals surface area (Å²) in [6.45, 7) is 3.99. The highest BCUT2D eigenvalue weighted by Gasteiger charge is 2.28. The quantitative estimate of drug-likeness (QED) is 0.689. The third-order valence-corrected chi connectivity index (χ3v) is 2.79. The molecule has 0 radical (unpaired) electrons. The van der Waals surface area contributed by atoms with E-state index in [0.717, 1.165) is 22.0 Å². The molecule has 12 heavy (non-hydrogen) atoms. The second-order valence-corrected chi connectivity index (χ2v) is 4.09. The first-order valence-corrected chi connectivity index (χ1v) is 4.98. The molecule has 1 aromatic heterocycles. The van der Waals surface area contributed by atoms with E-state index in [-0.39, 0.29) is 0 Å². The van der Waals surface area contributed by atoms with Crippen LogP contribution in [0.1, 0.15) is 35.8 Å². The van der Waals surface area contributed by atoms with E-state index in [1.165, 1.54) is 18.4 Å². The minimum Gasteiger partial charge on any atom is -0.238 e. The molecule has 0 amide bonds. The fraction of sp³-hybridized carbons (Fsp3) is 0.556. The van der Waals surface area contributed by atoms with Gasteiger partial charge in [0.2, 0.25) is 0 Å². The average Bonchev–Trinajstić information content (AvgIpc) is 2.68. The fourth-order valence-electron chi connectivity index (χ4n) is 1.52. The Labute approximate surface area is 80.6 Å². The van der Waals surface area contributed by atoms with Crippen LogP contribution in [0.4, 0.5) is 0 Å². The maximum Gasteiger partial charge on any atom is 0.126 e. The Balaban J connectivity index is 2.51. The van der Waals surface area contributed by atoms with E-state index in [4.69, 9.17) is 0 Å². The van der Waals surface area contributed by atoms with Crippen LogP contribution in [0.15, 0.2) is 4.60 Å². The Kier molecular flexibility index (Phi) is 1.91. The second-order valence-electron chi connectivity index (χ2n) is 3.33.